The van der Waals surface area contributed by atoms with E-state index in [1.165, 1.54) is 43.2 Å². The zero-order chi connectivity index (χ0) is 64.3. The molecule has 22 rings (SSSR count). The first kappa shape index (κ1) is 59.2. The van der Waals surface area contributed by atoms with Gasteiger partial charge in [0.15, 0.2) is 17.5 Å². The number of allylic oxidation sites excluding steroid dienone is 2. The van der Waals surface area contributed by atoms with E-state index >= 15 is 19.5 Å². The van der Waals surface area contributed by atoms with E-state index in [-0.39, 0.29) is 77.2 Å². The largest absolute Gasteiger partial charge is 0.469 e. The molecule has 9 spiro atoms. The summed E-state index contributed by atoms with van der Waals surface area (Å²) in [6, 6.07) is 11.3. The van der Waals surface area contributed by atoms with Gasteiger partial charge in [0.2, 0.25) is 0 Å². The Hall–Kier alpha value is -4.55. The van der Waals surface area contributed by atoms with Crippen LogP contribution in [-0.2, 0) is 58.2 Å². The number of rotatable bonds is 7. The van der Waals surface area contributed by atoms with Gasteiger partial charge in [0.1, 0.15) is 29.7 Å². The molecule has 15 fully saturated rings. The average Bonchev–Trinajstić information content (AvgIpc) is 1.40. The third-order valence-electron chi connectivity index (χ3n) is 34.9. The lowest BCUT2D eigenvalue weighted by atomic mass is 9.28. The first-order valence-corrected chi connectivity index (χ1v) is 39.1. The molecule has 30 atom stereocenters. The lowest BCUT2D eigenvalue weighted by molar-refractivity contribution is -0.320. The number of fused-ring (bicyclic) bond motifs is 7. The van der Waals surface area contributed by atoms with Crippen molar-refractivity contribution in [2.75, 3.05) is 26.4 Å². The van der Waals surface area contributed by atoms with Crippen molar-refractivity contribution in [1.82, 2.24) is 10.2 Å². The van der Waals surface area contributed by atoms with Gasteiger partial charge >= 0.3 is 11.9 Å². The van der Waals surface area contributed by atoms with Crippen LogP contribution in [0.15, 0.2) is 77.1 Å². The van der Waals surface area contributed by atoms with Gasteiger partial charge in [-0.15, -0.1) is 0 Å². The van der Waals surface area contributed by atoms with Crippen molar-refractivity contribution in [1.29, 1.82) is 0 Å². The Morgan fingerprint density at radius 1 is 0.885 bits per heavy atom. The lowest BCUT2D eigenvalue weighted by Gasteiger charge is -2.74. The maximum atomic E-state index is 18.3. The van der Waals surface area contributed by atoms with Gasteiger partial charge in [0.25, 0.3) is 0 Å². The highest BCUT2D eigenvalue weighted by molar-refractivity contribution is 5.94. The van der Waals surface area contributed by atoms with Crippen molar-refractivity contribution in [2.45, 2.75) is 221 Å². The summed E-state index contributed by atoms with van der Waals surface area (Å²) >= 11 is 0. The number of benzene rings is 1. The highest BCUT2D eigenvalue weighted by Crippen LogP contribution is 2.93. The molecular weight excluding hydrogens is 1200 g/mol. The number of furan rings is 1. The van der Waals surface area contributed by atoms with Crippen LogP contribution in [0.2, 0.25) is 0 Å². The molecule has 13 nitrogen and oxygen atoms in total. The third-order valence-corrected chi connectivity index (χ3v) is 34.9. The zero-order valence-electron chi connectivity index (χ0n) is 56.5. The number of hydrogen-bond acceptors (Lipinski definition) is 13. The van der Waals surface area contributed by atoms with Crippen LogP contribution in [0.3, 0.4) is 0 Å². The third kappa shape index (κ3) is 6.53. The molecule has 13 heteroatoms. The normalized spacial score (nSPS) is 53.9. The summed E-state index contributed by atoms with van der Waals surface area (Å²) in [4.78, 5) is 54.0. The highest BCUT2D eigenvalue weighted by Gasteiger charge is 3.01. The topological polar surface area (TPSA) is 181 Å². The predicted octanol–water partition coefficient (Wildman–Crippen LogP) is 11.3. The SMILES string of the molecule is CC1C2CCCC2CCC12C=CCC13OC45C(=CC21)CC1CC2(CCCC2)CC12CC1CC6(C)C78OC(=O)C9OC96C6(C(O)C(=O)C3C4(COC(=O)C25)C16)C1CC(Cc2ccccc2)CCC1C#CC7CCc1coc(CC(C(O)CO)C2CCC3C(C=CN4CNCC34)C2)c18. The molecule has 10 saturated carbocycles. The van der Waals surface area contributed by atoms with Gasteiger partial charge < -0.3 is 43.6 Å². The molecule has 0 radical (unpaired) electrons. The number of aliphatic hydroxyl groups is 3. The van der Waals surface area contributed by atoms with Gasteiger partial charge in [0, 0.05) is 52.7 Å². The molecule has 20 aliphatic rings. The predicted molar refractivity (Wildman–Crippen MR) is 353 cm³/mol. The van der Waals surface area contributed by atoms with Gasteiger partial charge in [-0.05, 0) is 233 Å². The van der Waals surface area contributed by atoms with Crippen molar-refractivity contribution in [3.8, 4) is 11.8 Å². The number of esters is 2. The molecule has 4 N–H and O–H groups in total. The summed E-state index contributed by atoms with van der Waals surface area (Å²) in [6.45, 7) is 6.42. The number of ether oxygens (including phenoxy) is 4. The van der Waals surface area contributed by atoms with E-state index in [0.717, 1.165) is 114 Å². The van der Waals surface area contributed by atoms with Crippen molar-refractivity contribution in [3.63, 3.8) is 0 Å². The maximum absolute atomic E-state index is 18.3. The van der Waals surface area contributed by atoms with Crippen molar-refractivity contribution >= 4 is 17.7 Å². The molecule has 8 heterocycles. The quantitative estimate of drug-likeness (QED) is 0.0891. The number of carbonyl (C=O) groups excluding carboxylic acids is 3. The van der Waals surface area contributed by atoms with Crippen LogP contribution in [0.25, 0.3) is 0 Å². The van der Waals surface area contributed by atoms with Gasteiger partial charge in [-0.2, -0.15) is 0 Å². The lowest BCUT2D eigenvalue weighted by Crippen LogP contribution is -2.84. The summed E-state index contributed by atoms with van der Waals surface area (Å²) in [7, 11) is 0. The summed E-state index contributed by atoms with van der Waals surface area (Å²) in [5, 5.41) is 42.7. The fourth-order valence-electron chi connectivity index (χ4n) is 32.4. The molecule has 508 valence electrons. The van der Waals surface area contributed by atoms with Crippen LogP contribution < -0.4 is 5.32 Å². The maximum Gasteiger partial charge on any atom is 0.339 e. The first-order valence-electron chi connectivity index (χ1n) is 39.1. The number of nitrogens with one attached hydrogen (secondary N) is 1. The van der Waals surface area contributed by atoms with Crippen molar-refractivity contribution in [2.24, 2.45) is 133 Å². The average molecular weight is 1300 g/mol. The molecular formula is C83H100N2O11. The summed E-state index contributed by atoms with van der Waals surface area (Å²) in [6.07, 6.45) is 33.6. The molecule has 2 aromatic rings. The van der Waals surface area contributed by atoms with E-state index < -0.39 is 97.9 Å². The number of carbonyl (C=O) groups is 3. The van der Waals surface area contributed by atoms with Crippen LogP contribution in [0.4, 0.5) is 0 Å². The standard InChI is InChI=1S/C83H100N2O11/c1-45-57-13-8-12-48(57)22-28-76(45)26-9-27-79-64(76)34-55-33-56-38-75(24-6-7-25-75)42-77(56)37-53-36-74(2)81-54(20-17-52-41-92-63(65(52)81)35-59(62(87)40-86)50-18-21-58-51(32-50)23-29-85-44-84-39-61(58)85)19-16-49-15-14-47(30-46-10-4-3-5-11-46)31-60(49)80(83(74)71(94-83)73(91)95-81)67(53)78(68(79)66(88)70(80)89)43-93-72(90)69(77)82(55,78)96-79/h3-5,9-11,23,26,29,34,41,45,47-51,53-54,56-62,64,67-71,84,86-87,89H,6-8,12-15,17-18,20-22,24-25,27-28,30-33,35-40,42-44H2,1-2H3. The van der Waals surface area contributed by atoms with Crippen LogP contribution in [-0.4, -0.2) is 106 Å². The monoisotopic (exact) mass is 1300 g/mol. The van der Waals surface area contributed by atoms with Crippen LogP contribution in [0.5, 0.6) is 0 Å². The zero-order valence-corrected chi connectivity index (χ0v) is 56.5. The highest BCUT2D eigenvalue weighted by atomic mass is 16.7. The van der Waals surface area contributed by atoms with E-state index in [1.54, 1.807) is 0 Å². The van der Waals surface area contributed by atoms with Crippen molar-refractivity contribution in [3.05, 3.63) is 95.1 Å². The molecule has 5 saturated heterocycles. The van der Waals surface area contributed by atoms with Gasteiger partial charge in [-0.3, -0.25) is 14.9 Å². The van der Waals surface area contributed by atoms with Crippen molar-refractivity contribution < 1.29 is 53.1 Å². The van der Waals surface area contributed by atoms with E-state index in [2.05, 4.69) is 96.7 Å². The van der Waals surface area contributed by atoms with E-state index in [4.69, 9.17) is 23.4 Å². The van der Waals surface area contributed by atoms with Gasteiger partial charge in [0.05, 0.1) is 54.4 Å². The van der Waals surface area contributed by atoms with Crippen LogP contribution in [0, 0.1) is 145 Å². The number of cyclic esters (lactones) is 1. The second-order valence-corrected chi connectivity index (χ2v) is 37.3. The van der Waals surface area contributed by atoms with Crippen LogP contribution in [0.1, 0.15) is 178 Å². The molecule has 13 aliphatic carbocycles. The number of hydrogen-bond donors (Lipinski definition) is 4. The molecule has 1 aromatic heterocycles. The minimum Gasteiger partial charge on any atom is -0.469 e. The Balaban J connectivity index is 0.788. The number of aliphatic hydroxyl groups excluding tert-OH is 3. The number of Topliss-reactive ketones (excluding diaryl/α,β-unsaturated/α-hetero) is 1. The van der Waals surface area contributed by atoms with Gasteiger partial charge in [-0.25, -0.2) is 4.79 Å². The smallest absolute Gasteiger partial charge is 0.339 e. The number of epoxide rings is 1. The Kier molecular flexibility index (Phi) is 11.9. The number of aryl methyl sites for hydroxylation is 1. The molecule has 1 aromatic carbocycles. The molecule has 30 unspecified atom stereocenters. The van der Waals surface area contributed by atoms with Gasteiger partial charge in [-0.1, -0.05) is 106 Å². The minimum atomic E-state index is -1.57. The molecule has 9 bridgehead atoms. The fraction of sp³-hybridized carbons (Fsp3) is 0.747. The second kappa shape index (κ2) is 19.3. The minimum absolute atomic E-state index is 0.0359. The first-order chi connectivity index (χ1) is 46.6. The summed E-state index contributed by atoms with van der Waals surface area (Å²) in [5.74, 6) is 7.34. The summed E-state index contributed by atoms with van der Waals surface area (Å²) < 4.78 is 39.2. The summed E-state index contributed by atoms with van der Waals surface area (Å²) in [5.41, 5.74) is -5.23. The molecule has 96 heavy (non-hydrogen) atoms. The van der Waals surface area contributed by atoms with E-state index in [9.17, 15) is 10.2 Å². The van der Waals surface area contributed by atoms with Crippen LogP contribution >= 0.6 is 0 Å². The Labute approximate surface area is 565 Å². The molecule has 7 aliphatic heterocycles. The fourth-order valence-corrected chi connectivity index (χ4v) is 32.4. The molecule has 0 amide bonds. The number of nitrogens with zero attached hydrogens (tertiary/aromatic N) is 1. The Morgan fingerprint density at radius 3 is 2.62 bits per heavy atom. The van der Waals surface area contributed by atoms with E-state index in [0.29, 0.717) is 79.9 Å². The van der Waals surface area contributed by atoms with E-state index in [1.807, 2.05) is 6.26 Å². The number of ketones is 1. The Morgan fingerprint density at radius 2 is 1.76 bits per heavy atom. The second-order valence-electron chi connectivity index (χ2n) is 37.3. The Bertz CT molecular complexity index is 3880.